The Hall–Kier alpha value is -0.930. The summed E-state index contributed by atoms with van der Waals surface area (Å²) in [7, 11) is 1.46. The summed E-state index contributed by atoms with van der Waals surface area (Å²) < 4.78 is 24.8. The highest BCUT2D eigenvalue weighted by atomic mass is 127. The van der Waals surface area contributed by atoms with E-state index in [-0.39, 0.29) is 19.0 Å². The van der Waals surface area contributed by atoms with Gasteiger partial charge in [-0.1, -0.05) is 0 Å². The first-order valence-corrected chi connectivity index (χ1v) is 6.33. The van der Waals surface area contributed by atoms with Gasteiger partial charge in [-0.25, -0.2) is 4.39 Å². The second-order valence-corrected chi connectivity index (χ2v) is 4.77. The fourth-order valence-electron chi connectivity index (χ4n) is 1.47. The molecule has 2 rings (SSSR count). The Balaban J connectivity index is 2.20. The minimum Gasteiger partial charge on any atom is -0.488 e. The van der Waals surface area contributed by atoms with Gasteiger partial charge in [-0.2, -0.15) is 5.10 Å². The summed E-state index contributed by atoms with van der Waals surface area (Å²) in [5.74, 6) is -0.365. The first kappa shape index (κ1) is 13.5. The number of hydrogen-bond acceptors (Lipinski definition) is 4. The summed E-state index contributed by atoms with van der Waals surface area (Å²) in [6, 6.07) is 2.89. The number of nitrogens with zero attached hydrogens (tertiary/aromatic N) is 1. The number of aromatic nitrogens is 2. The molecular formula is C11H12FIN2O3. The molecule has 0 saturated heterocycles. The van der Waals surface area contributed by atoms with Gasteiger partial charge in [-0.3, -0.25) is 5.10 Å². The SMILES string of the molecule is COC(CO)COc1cc2n[nH]c(I)c2cc1F. The fraction of sp³-hybridized carbons (Fsp3) is 0.364. The Bertz CT molecular complexity index is 542. The van der Waals surface area contributed by atoms with E-state index < -0.39 is 11.9 Å². The average Bonchev–Trinajstić information content (AvgIpc) is 2.72. The Morgan fingerprint density at radius 2 is 2.33 bits per heavy atom. The topological polar surface area (TPSA) is 67.4 Å². The molecule has 0 fully saturated rings. The van der Waals surface area contributed by atoms with Gasteiger partial charge in [0.2, 0.25) is 0 Å². The van der Waals surface area contributed by atoms with Crippen molar-refractivity contribution in [2.45, 2.75) is 6.10 Å². The van der Waals surface area contributed by atoms with Gasteiger partial charge in [-0.15, -0.1) is 0 Å². The van der Waals surface area contributed by atoms with Crippen LogP contribution in [0.3, 0.4) is 0 Å². The van der Waals surface area contributed by atoms with Crippen molar-refractivity contribution in [3.63, 3.8) is 0 Å². The van der Waals surface area contributed by atoms with Crippen LogP contribution in [0.5, 0.6) is 5.75 Å². The molecule has 0 aliphatic rings. The highest BCUT2D eigenvalue weighted by Crippen LogP contribution is 2.26. The van der Waals surface area contributed by atoms with E-state index >= 15 is 0 Å². The Labute approximate surface area is 116 Å². The highest BCUT2D eigenvalue weighted by molar-refractivity contribution is 14.1. The molecule has 0 bridgehead atoms. The Morgan fingerprint density at radius 1 is 1.56 bits per heavy atom. The van der Waals surface area contributed by atoms with Crippen molar-refractivity contribution in [3.05, 3.63) is 21.7 Å². The molecule has 1 unspecified atom stereocenters. The van der Waals surface area contributed by atoms with Crippen molar-refractivity contribution >= 4 is 33.5 Å². The lowest BCUT2D eigenvalue weighted by atomic mass is 10.2. The molecule has 0 radical (unpaired) electrons. The zero-order valence-corrected chi connectivity index (χ0v) is 11.8. The van der Waals surface area contributed by atoms with Crippen molar-refractivity contribution in [3.8, 4) is 5.75 Å². The number of halogens is 2. The minimum atomic E-state index is -0.473. The second kappa shape index (κ2) is 5.81. The largest absolute Gasteiger partial charge is 0.488 e. The van der Waals surface area contributed by atoms with Gasteiger partial charge in [0, 0.05) is 18.6 Å². The fourth-order valence-corrected chi connectivity index (χ4v) is 2.02. The molecule has 5 nitrogen and oxygen atoms in total. The summed E-state index contributed by atoms with van der Waals surface area (Å²) in [4.78, 5) is 0. The van der Waals surface area contributed by atoms with Crippen LogP contribution in [0.2, 0.25) is 0 Å². The van der Waals surface area contributed by atoms with E-state index in [0.717, 1.165) is 3.70 Å². The number of hydrogen-bond donors (Lipinski definition) is 2. The molecule has 98 valence electrons. The molecule has 2 N–H and O–H groups in total. The van der Waals surface area contributed by atoms with Crippen molar-refractivity contribution in [1.29, 1.82) is 0 Å². The summed E-state index contributed by atoms with van der Waals surface area (Å²) in [5, 5.41) is 16.4. The Morgan fingerprint density at radius 3 is 3.00 bits per heavy atom. The number of methoxy groups -OCH3 is 1. The van der Waals surface area contributed by atoms with Crippen LogP contribution in [0.1, 0.15) is 0 Å². The third-order valence-electron chi connectivity index (χ3n) is 2.52. The average molecular weight is 366 g/mol. The van der Waals surface area contributed by atoms with Gasteiger partial charge >= 0.3 is 0 Å². The van der Waals surface area contributed by atoms with Crippen LogP contribution in [0.4, 0.5) is 4.39 Å². The van der Waals surface area contributed by atoms with E-state index in [2.05, 4.69) is 10.2 Å². The van der Waals surface area contributed by atoms with Gasteiger partial charge in [0.1, 0.15) is 16.4 Å². The number of fused-ring (bicyclic) bond motifs is 1. The van der Waals surface area contributed by atoms with Crippen LogP contribution in [0, 0.1) is 9.52 Å². The molecule has 7 heteroatoms. The van der Waals surface area contributed by atoms with Crippen LogP contribution in [0.25, 0.3) is 10.9 Å². The zero-order valence-electron chi connectivity index (χ0n) is 9.61. The molecule has 1 heterocycles. The molecule has 1 atom stereocenters. The maximum Gasteiger partial charge on any atom is 0.165 e. The summed E-state index contributed by atoms with van der Waals surface area (Å²) in [6.45, 7) is -0.0996. The number of H-pyrrole nitrogens is 1. The smallest absolute Gasteiger partial charge is 0.165 e. The van der Waals surface area contributed by atoms with E-state index in [1.54, 1.807) is 0 Å². The summed E-state index contributed by atoms with van der Waals surface area (Å²) in [6.07, 6.45) is -0.473. The quantitative estimate of drug-likeness (QED) is 0.791. The lowest BCUT2D eigenvalue weighted by Gasteiger charge is -2.13. The third-order valence-corrected chi connectivity index (χ3v) is 3.35. The van der Waals surface area contributed by atoms with Crippen LogP contribution >= 0.6 is 22.6 Å². The number of nitrogens with one attached hydrogen (secondary N) is 1. The highest BCUT2D eigenvalue weighted by Gasteiger charge is 2.13. The molecular weight excluding hydrogens is 354 g/mol. The van der Waals surface area contributed by atoms with E-state index in [1.165, 1.54) is 19.2 Å². The standard InChI is InChI=1S/C11H12FIN2O3/c1-17-6(4-16)5-18-10-3-9-7(2-8(10)12)11(13)15-14-9/h2-3,6,16H,4-5H2,1H3,(H,14,15). The minimum absolute atomic E-state index is 0.0803. The first-order valence-electron chi connectivity index (χ1n) is 5.25. The summed E-state index contributed by atoms with van der Waals surface area (Å²) >= 11 is 2.05. The van der Waals surface area contributed by atoms with E-state index in [4.69, 9.17) is 14.6 Å². The molecule has 0 spiro atoms. The van der Waals surface area contributed by atoms with Gasteiger partial charge in [-0.05, 0) is 28.7 Å². The molecule has 2 aromatic rings. The number of aromatic amines is 1. The molecule has 0 amide bonds. The van der Waals surface area contributed by atoms with E-state index in [0.29, 0.717) is 10.9 Å². The van der Waals surface area contributed by atoms with E-state index in [1.807, 2.05) is 22.6 Å². The van der Waals surface area contributed by atoms with E-state index in [9.17, 15) is 4.39 Å². The number of ether oxygens (including phenoxy) is 2. The Kier molecular flexibility index (Phi) is 4.36. The molecule has 0 aliphatic carbocycles. The molecule has 1 aromatic carbocycles. The number of aliphatic hydroxyl groups excluding tert-OH is 1. The van der Waals surface area contributed by atoms with Gasteiger partial charge in [0.25, 0.3) is 0 Å². The number of benzene rings is 1. The van der Waals surface area contributed by atoms with Crippen molar-refractivity contribution in [1.82, 2.24) is 10.2 Å². The van der Waals surface area contributed by atoms with Gasteiger partial charge in [0.15, 0.2) is 11.6 Å². The normalized spacial score (nSPS) is 12.9. The third kappa shape index (κ3) is 2.73. The van der Waals surface area contributed by atoms with Crippen molar-refractivity contribution in [2.24, 2.45) is 0 Å². The van der Waals surface area contributed by atoms with Gasteiger partial charge in [0.05, 0.1) is 12.1 Å². The number of aliphatic hydroxyl groups is 1. The number of rotatable bonds is 5. The van der Waals surface area contributed by atoms with Crippen molar-refractivity contribution in [2.75, 3.05) is 20.3 Å². The predicted octanol–water partition coefficient (Wildman–Crippen LogP) is 1.69. The predicted molar refractivity (Wildman–Crippen MR) is 72.1 cm³/mol. The van der Waals surface area contributed by atoms with Crippen LogP contribution in [-0.4, -0.2) is 41.7 Å². The maximum atomic E-state index is 13.8. The molecule has 0 saturated carbocycles. The lowest BCUT2D eigenvalue weighted by molar-refractivity contribution is 0.0155. The van der Waals surface area contributed by atoms with Crippen molar-refractivity contribution < 1.29 is 19.0 Å². The molecule has 0 aliphatic heterocycles. The molecule has 1 aromatic heterocycles. The molecule has 18 heavy (non-hydrogen) atoms. The van der Waals surface area contributed by atoms with Crippen LogP contribution in [-0.2, 0) is 4.74 Å². The second-order valence-electron chi connectivity index (χ2n) is 3.69. The first-order chi connectivity index (χ1) is 8.65. The monoisotopic (exact) mass is 366 g/mol. The van der Waals surface area contributed by atoms with Gasteiger partial charge < -0.3 is 14.6 Å². The lowest BCUT2D eigenvalue weighted by Crippen LogP contribution is -2.24. The summed E-state index contributed by atoms with van der Waals surface area (Å²) in [5.41, 5.74) is 0.633. The maximum absolute atomic E-state index is 13.8. The zero-order chi connectivity index (χ0) is 13.1. The van der Waals surface area contributed by atoms with Crippen LogP contribution in [0.15, 0.2) is 12.1 Å². The van der Waals surface area contributed by atoms with Crippen LogP contribution < -0.4 is 4.74 Å².